The molecule has 1 aliphatic heterocycles. The third-order valence-electron chi connectivity index (χ3n) is 1.32. The molecule has 2 N–H and O–H groups in total. The van der Waals surface area contributed by atoms with E-state index in [2.05, 4.69) is 23.6 Å². The van der Waals surface area contributed by atoms with Crippen molar-refractivity contribution in [2.45, 2.75) is 6.92 Å². The fourth-order valence-corrected chi connectivity index (χ4v) is 0.801. The molecule has 0 amide bonds. The molecule has 2 heteroatoms. The molecule has 0 spiro atoms. The zero-order valence-electron chi connectivity index (χ0n) is 5.20. The zero-order valence-corrected chi connectivity index (χ0v) is 5.20. The number of piperazine rings is 1. The van der Waals surface area contributed by atoms with E-state index in [9.17, 15) is 0 Å². The van der Waals surface area contributed by atoms with Crippen LogP contribution in [0, 0.1) is 0 Å². The van der Waals surface area contributed by atoms with Gasteiger partial charge in [0, 0.05) is 25.3 Å². The van der Waals surface area contributed by atoms with E-state index < -0.39 is 0 Å². The van der Waals surface area contributed by atoms with E-state index in [0.717, 1.165) is 19.6 Å². The zero-order chi connectivity index (χ0) is 5.82. The molecular formula is C6H12N2. The first-order valence-electron chi connectivity index (χ1n) is 3.03. The molecule has 0 radical (unpaired) electrons. The smallest absolute Gasteiger partial charge is 0.0351 e. The monoisotopic (exact) mass is 112 g/mol. The fraction of sp³-hybridized carbons (Fsp3) is 0.667. The Morgan fingerprint density at radius 3 is 2.75 bits per heavy atom. The van der Waals surface area contributed by atoms with Gasteiger partial charge >= 0.3 is 0 Å². The van der Waals surface area contributed by atoms with Crippen LogP contribution in [0.2, 0.25) is 0 Å². The topological polar surface area (TPSA) is 24.1 Å². The van der Waals surface area contributed by atoms with Crippen molar-refractivity contribution in [2.75, 3.05) is 19.6 Å². The maximum absolute atomic E-state index is 3.27. The molecule has 0 aromatic carbocycles. The Bertz CT molecular complexity index is 88.7. The van der Waals surface area contributed by atoms with Crippen LogP contribution in [0.25, 0.3) is 0 Å². The van der Waals surface area contributed by atoms with Crippen molar-refractivity contribution < 1.29 is 0 Å². The van der Waals surface area contributed by atoms with Crippen molar-refractivity contribution in [1.29, 1.82) is 0 Å². The van der Waals surface area contributed by atoms with Crippen LogP contribution in [0.3, 0.4) is 0 Å². The normalized spacial score (nSPS) is 25.4. The van der Waals surface area contributed by atoms with E-state index >= 15 is 0 Å². The Hall–Kier alpha value is -0.500. The minimum absolute atomic E-state index is 1.01. The summed E-state index contributed by atoms with van der Waals surface area (Å²) in [7, 11) is 0. The van der Waals surface area contributed by atoms with Crippen molar-refractivity contribution in [1.82, 2.24) is 10.6 Å². The molecule has 1 aliphatic rings. The largest absolute Gasteiger partial charge is 0.386 e. The predicted octanol–water partition coefficient (Wildman–Crippen LogP) is 0.0830. The molecule has 0 atom stereocenters. The van der Waals surface area contributed by atoms with Crippen molar-refractivity contribution in [3.63, 3.8) is 0 Å². The standard InChI is InChI=1S/C6H12N2/c1-2-6-5-7-3-4-8-6/h2,7-8H,3-5H2,1H3/b6-2+. The summed E-state index contributed by atoms with van der Waals surface area (Å²) in [5, 5.41) is 6.52. The van der Waals surface area contributed by atoms with E-state index in [4.69, 9.17) is 0 Å². The number of rotatable bonds is 0. The first-order valence-corrected chi connectivity index (χ1v) is 3.03. The van der Waals surface area contributed by atoms with E-state index in [-0.39, 0.29) is 0 Å². The van der Waals surface area contributed by atoms with Crippen LogP contribution in [0.15, 0.2) is 11.8 Å². The summed E-state index contributed by atoms with van der Waals surface area (Å²) in [6.07, 6.45) is 2.10. The van der Waals surface area contributed by atoms with E-state index in [1.54, 1.807) is 0 Å². The van der Waals surface area contributed by atoms with Crippen LogP contribution in [0.1, 0.15) is 6.92 Å². The van der Waals surface area contributed by atoms with Crippen LogP contribution >= 0.6 is 0 Å². The Kier molecular flexibility index (Phi) is 1.92. The third kappa shape index (κ3) is 1.23. The molecule has 8 heavy (non-hydrogen) atoms. The second kappa shape index (κ2) is 2.72. The maximum atomic E-state index is 3.27. The van der Waals surface area contributed by atoms with Gasteiger partial charge in [0.25, 0.3) is 0 Å². The summed E-state index contributed by atoms with van der Waals surface area (Å²) >= 11 is 0. The van der Waals surface area contributed by atoms with Crippen molar-refractivity contribution in [3.8, 4) is 0 Å². The van der Waals surface area contributed by atoms with Gasteiger partial charge in [0.2, 0.25) is 0 Å². The highest BCUT2D eigenvalue weighted by Crippen LogP contribution is 1.88. The van der Waals surface area contributed by atoms with Crippen molar-refractivity contribution in [3.05, 3.63) is 11.8 Å². The van der Waals surface area contributed by atoms with Gasteiger partial charge in [-0.05, 0) is 6.92 Å². The second-order valence-corrected chi connectivity index (χ2v) is 1.92. The molecule has 1 heterocycles. The van der Waals surface area contributed by atoms with Crippen LogP contribution < -0.4 is 10.6 Å². The fourth-order valence-electron chi connectivity index (χ4n) is 0.801. The quantitative estimate of drug-likeness (QED) is 0.464. The molecule has 1 fully saturated rings. The lowest BCUT2D eigenvalue weighted by molar-refractivity contribution is 0.597. The Labute approximate surface area is 50.0 Å². The molecule has 1 rings (SSSR count). The average Bonchev–Trinajstić information content (AvgIpc) is 1.90. The van der Waals surface area contributed by atoms with Gasteiger partial charge in [0.15, 0.2) is 0 Å². The van der Waals surface area contributed by atoms with Gasteiger partial charge in [-0.15, -0.1) is 0 Å². The number of nitrogens with one attached hydrogen (secondary N) is 2. The average molecular weight is 112 g/mol. The van der Waals surface area contributed by atoms with Gasteiger partial charge in [-0.25, -0.2) is 0 Å². The summed E-state index contributed by atoms with van der Waals surface area (Å²) in [5.74, 6) is 0. The second-order valence-electron chi connectivity index (χ2n) is 1.92. The van der Waals surface area contributed by atoms with E-state index in [1.165, 1.54) is 5.70 Å². The molecule has 0 unspecified atom stereocenters. The molecule has 1 saturated heterocycles. The van der Waals surface area contributed by atoms with Crippen LogP contribution in [-0.4, -0.2) is 19.6 Å². The lowest BCUT2D eigenvalue weighted by Gasteiger charge is -2.17. The van der Waals surface area contributed by atoms with Crippen LogP contribution in [0.4, 0.5) is 0 Å². The van der Waals surface area contributed by atoms with Gasteiger partial charge in [0.1, 0.15) is 0 Å². The number of hydrogen-bond acceptors (Lipinski definition) is 2. The van der Waals surface area contributed by atoms with Gasteiger partial charge in [0.05, 0.1) is 0 Å². The minimum atomic E-state index is 1.01. The molecule has 46 valence electrons. The van der Waals surface area contributed by atoms with Gasteiger partial charge < -0.3 is 10.6 Å². The third-order valence-corrected chi connectivity index (χ3v) is 1.32. The Balaban J connectivity index is 2.33. The van der Waals surface area contributed by atoms with Gasteiger partial charge in [-0.3, -0.25) is 0 Å². The van der Waals surface area contributed by atoms with Crippen molar-refractivity contribution in [2.24, 2.45) is 0 Å². The van der Waals surface area contributed by atoms with Gasteiger partial charge in [-0.1, -0.05) is 6.08 Å². The maximum Gasteiger partial charge on any atom is 0.0351 e. The Morgan fingerprint density at radius 2 is 2.38 bits per heavy atom. The van der Waals surface area contributed by atoms with Gasteiger partial charge in [-0.2, -0.15) is 0 Å². The predicted molar refractivity (Wildman–Crippen MR) is 34.6 cm³/mol. The Morgan fingerprint density at radius 1 is 1.50 bits per heavy atom. The minimum Gasteiger partial charge on any atom is -0.386 e. The highest BCUT2D eigenvalue weighted by atomic mass is 15.0. The molecule has 0 aliphatic carbocycles. The van der Waals surface area contributed by atoms with Crippen LogP contribution in [0.5, 0.6) is 0 Å². The van der Waals surface area contributed by atoms with Crippen LogP contribution in [-0.2, 0) is 0 Å². The van der Waals surface area contributed by atoms with E-state index in [1.807, 2.05) is 0 Å². The summed E-state index contributed by atoms with van der Waals surface area (Å²) in [6, 6.07) is 0. The highest BCUT2D eigenvalue weighted by Gasteiger charge is 1.98. The summed E-state index contributed by atoms with van der Waals surface area (Å²) < 4.78 is 0. The first-order chi connectivity index (χ1) is 3.93. The molecule has 0 bridgehead atoms. The molecule has 0 aromatic rings. The number of hydrogen-bond donors (Lipinski definition) is 2. The lowest BCUT2D eigenvalue weighted by atomic mass is 10.3. The summed E-state index contributed by atoms with van der Waals surface area (Å²) in [6.45, 7) is 5.23. The highest BCUT2D eigenvalue weighted by molar-refractivity contribution is 5.02. The summed E-state index contributed by atoms with van der Waals surface area (Å²) in [4.78, 5) is 0. The number of allylic oxidation sites excluding steroid dienone is 1. The SMILES string of the molecule is C/C=C1\CNCCN1. The first kappa shape index (κ1) is 5.63. The van der Waals surface area contributed by atoms with E-state index in [0.29, 0.717) is 0 Å². The molecule has 2 nitrogen and oxygen atoms in total. The van der Waals surface area contributed by atoms with Crippen molar-refractivity contribution >= 4 is 0 Å². The summed E-state index contributed by atoms with van der Waals surface area (Å²) in [5.41, 5.74) is 1.32. The molecular weight excluding hydrogens is 100 g/mol. The molecule has 0 aromatic heterocycles. The molecule has 0 saturated carbocycles. The lowest BCUT2D eigenvalue weighted by Crippen LogP contribution is -2.37.